The van der Waals surface area contributed by atoms with E-state index >= 15 is 0 Å². The zero-order valence-corrected chi connectivity index (χ0v) is 16.5. The molecule has 1 aromatic carbocycles. The number of aryl methyl sites for hydroxylation is 2. The Kier molecular flexibility index (Phi) is 5.41. The molecule has 0 saturated carbocycles. The monoisotopic (exact) mass is 394 g/mol. The fourth-order valence-electron chi connectivity index (χ4n) is 3.44. The van der Waals surface area contributed by atoms with Crippen molar-refractivity contribution in [3.05, 3.63) is 79.2 Å². The SMILES string of the molecule is CCc1csc(COc2cc[nH]c(=O)c2C2=Cc3ccc(CO)cc3CC2)n1. The fraction of sp³-hybridized carbons (Fsp3) is 0.273. The molecule has 0 radical (unpaired) electrons. The summed E-state index contributed by atoms with van der Waals surface area (Å²) in [6.45, 7) is 2.47. The molecule has 6 heteroatoms. The minimum Gasteiger partial charge on any atom is -0.486 e. The van der Waals surface area contributed by atoms with E-state index in [2.05, 4.69) is 23.0 Å². The molecule has 0 bridgehead atoms. The van der Waals surface area contributed by atoms with Gasteiger partial charge in [0, 0.05) is 11.6 Å². The summed E-state index contributed by atoms with van der Waals surface area (Å²) < 4.78 is 5.99. The highest BCUT2D eigenvalue weighted by atomic mass is 32.1. The number of H-pyrrole nitrogens is 1. The van der Waals surface area contributed by atoms with Crippen molar-refractivity contribution in [2.24, 2.45) is 0 Å². The molecule has 2 heterocycles. The van der Waals surface area contributed by atoms with Crippen LogP contribution in [0.25, 0.3) is 11.6 Å². The summed E-state index contributed by atoms with van der Waals surface area (Å²) >= 11 is 1.58. The molecule has 0 saturated heterocycles. The predicted molar refractivity (Wildman–Crippen MR) is 111 cm³/mol. The third-order valence-corrected chi connectivity index (χ3v) is 5.81. The van der Waals surface area contributed by atoms with Crippen molar-refractivity contribution in [3.63, 3.8) is 0 Å². The second kappa shape index (κ2) is 8.12. The van der Waals surface area contributed by atoms with Crippen LogP contribution in [0.3, 0.4) is 0 Å². The van der Waals surface area contributed by atoms with Gasteiger partial charge in [0.15, 0.2) is 0 Å². The molecular weight excluding hydrogens is 372 g/mol. The molecule has 0 fully saturated rings. The normalized spacial score (nSPS) is 13.1. The number of hydrogen-bond acceptors (Lipinski definition) is 5. The van der Waals surface area contributed by atoms with Gasteiger partial charge in [-0.25, -0.2) is 4.98 Å². The lowest BCUT2D eigenvalue weighted by Gasteiger charge is -2.19. The Balaban J connectivity index is 1.64. The second-order valence-electron chi connectivity index (χ2n) is 6.78. The van der Waals surface area contributed by atoms with Crippen LogP contribution in [0.15, 0.2) is 40.6 Å². The smallest absolute Gasteiger partial charge is 0.259 e. The van der Waals surface area contributed by atoms with Crippen molar-refractivity contribution < 1.29 is 9.84 Å². The van der Waals surface area contributed by atoms with Gasteiger partial charge in [-0.2, -0.15) is 0 Å². The van der Waals surface area contributed by atoms with E-state index in [9.17, 15) is 9.90 Å². The van der Waals surface area contributed by atoms with Crippen LogP contribution in [0.1, 0.15) is 46.3 Å². The molecule has 2 N–H and O–H groups in total. The van der Waals surface area contributed by atoms with Crippen LogP contribution in [0, 0.1) is 0 Å². The number of aliphatic hydroxyl groups excluding tert-OH is 1. The van der Waals surface area contributed by atoms with Crippen LogP contribution in [-0.4, -0.2) is 15.1 Å². The lowest BCUT2D eigenvalue weighted by atomic mass is 9.88. The first-order valence-electron chi connectivity index (χ1n) is 9.39. The fourth-order valence-corrected chi connectivity index (χ4v) is 4.23. The molecule has 28 heavy (non-hydrogen) atoms. The summed E-state index contributed by atoms with van der Waals surface area (Å²) in [5.41, 5.74) is 5.66. The zero-order chi connectivity index (χ0) is 19.5. The zero-order valence-electron chi connectivity index (χ0n) is 15.7. The number of ether oxygens (including phenoxy) is 1. The lowest BCUT2D eigenvalue weighted by Crippen LogP contribution is -2.15. The number of aliphatic hydroxyl groups is 1. The van der Waals surface area contributed by atoms with E-state index in [1.54, 1.807) is 23.6 Å². The van der Waals surface area contributed by atoms with Crippen molar-refractivity contribution in [1.82, 2.24) is 9.97 Å². The van der Waals surface area contributed by atoms with Crippen molar-refractivity contribution in [1.29, 1.82) is 0 Å². The van der Waals surface area contributed by atoms with E-state index in [1.807, 2.05) is 23.6 Å². The predicted octanol–water partition coefficient (Wildman–Crippen LogP) is 3.95. The number of benzene rings is 1. The number of thiazole rings is 1. The first-order valence-corrected chi connectivity index (χ1v) is 10.3. The van der Waals surface area contributed by atoms with Crippen LogP contribution >= 0.6 is 11.3 Å². The van der Waals surface area contributed by atoms with Crippen LogP contribution in [0.4, 0.5) is 0 Å². The highest BCUT2D eigenvalue weighted by molar-refractivity contribution is 7.09. The number of nitrogens with zero attached hydrogens (tertiary/aromatic N) is 1. The van der Waals surface area contributed by atoms with Gasteiger partial charge >= 0.3 is 0 Å². The molecule has 0 unspecified atom stereocenters. The van der Waals surface area contributed by atoms with E-state index in [-0.39, 0.29) is 12.2 Å². The van der Waals surface area contributed by atoms with E-state index in [0.717, 1.165) is 46.7 Å². The maximum Gasteiger partial charge on any atom is 0.259 e. The van der Waals surface area contributed by atoms with Crippen LogP contribution < -0.4 is 10.3 Å². The Bertz CT molecular complexity index is 1080. The number of rotatable bonds is 6. The van der Waals surface area contributed by atoms with Gasteiger partial charge in [0.2, 0.25) is 0 Å². The van der Waals surface area contributed by atoms with Gasteiger partial charge in [0.05, 0.1) is 17.9 Å². The number of nitrogens with one attached hydrogen (secondary N) is 1. The number of aromatic nitrogens is 2. The quantitative estimate of drug-likeness (QED) is 0.664. The van der Waals surface area contributed by atoms with E-state index in [1.165, 1.54) is 5.56 Å². The van der Waals surface area contributed by atoms with Crippen molar-refractivity contribution >= 4 is 23.0 Å². The Hall–Kier alpha value is -2.70. The third kappa shape index (κ3) is 3.79. The van der Waals surface area contributed by atoms with Gasteiger partial charge in [-0.05, 0) is 47.6 Å². The van der Waals surface area contributed by atoms with Gasteiger partial charge in [0.25, 0.3) is 5.56 Å². The van der Waals surface area contributed by atoms with Crippen LogP contribution in [0.5, 0.6) is 5.75 Å². The summed E-state index contributed by atoms with van der Waals surface area (Å²) in [5.74, 6) is 0.582. The summed E-state index contributed by atoms with van der Waals surface area (Å²) in [6, 6.07) is 7.75. The Morgan fingerprint density at radius 3 is 2.96 bits per heavy atom. The second-order valence-corrected chi connectivity index (χ2v) is 7.72. The molecular formula is C22H22N2O3S. The largest absolute Gasteiger partial charge is 0.486 e. The minimum absolute atomic E-state index is 0.0384. The number of aromatic amines is 1. The van der Waals surface area contributed by atoms with Gasteiger partial charge in [0.1, 0.15) is 17.4 Å². The average molecular weight is 394 g/mol. The topological polar surface area (TPSA) is 75.2 Å². The number of fused-ring (bicyclic) bond motifs is 1. The van der Waals surface area contributed by atoms with Gasteiger partial charge in [-0.1, -0.05) is 31.2 Å². The average Bonchev–Trinajstić information content (AvgIpc) is 3.19. The molecule has 1 aliphatic rings. The van der Waals surface area contributed by atoms with E-state index < -0.39 is 0 Å². The lowest BCUT2D eigenvalue weighted by molar-refractivity contribution is 0.281. The third-order valence-electron chi connectivity index (χ3n) is 4.94. The standard InChI is InChI=1S/C22H22N2O3S/c1-2-18-13-28-20(24-18)12-27-19-7-8-23-22(26)21(19)17-6-5-15-9-14(11-25)3-4-16(15)10-17/h3-4,7-10,13,25H,2,5-6,11-12H2,1H3,(H,23,26). The maximum atomic E-state index is 12.6. The summed E-state index contributed by atoms with van der Waals surface area (Å²) in [6.07, 6.45) is 6.15. The molecule has 3 aromatic rings. The van der Waals surface area contributed by atoms with Gasteiger partial charge in [-0.15, -0.1) is 11.3 Å². The van der Waals surface area contributed by atoms with E-state index in [0.29, 0.717) is 17.9 Å². The minimum atomic E-state index is -0.146. The highest BCUT2D eigenvalue weighted by Crippen LogP contribution is 2.33. The molecule has 0 aliphatic heterocycles. The number of hydrogen-bond donors (Lipinski definition) is 2. The maximum absolute atomic E-state index is 12.6. The molecule has 5 nitrogen and oxygen atoms in total. The Morgan fingerprint density at radius 1 is 1.29 bits per heavy atom. The summed E-state index contributed by atoms with van der Waals surface area (Å²) in [7, 11) is 0. The Morgan fingerprint density at radius 2 is 2.18 bits per heavy atom. The van der Waals surface area contributed by atoms with Crippen molar-refractivity contribution in [2.75, 3.05) is 0 Å². The number of allylic oxidation sites excluding steroid dienone is 1. The Labute approximate surface area is 167 Å². The van der Waals surface area contributed by atoms with E-state index in [4.69, 9.17) is 4.74 Å². The first-order chi connectivity index (χ1) is 13.7. The molecule has 4 rings (SSSR count). The van der Waals surface area contributed by atoms with Crippen LogP contribution in [-0.2, 0) is 26.1 Å². The molecule has 0 spiro atoms. The van der Waals surface area contributed by atoms with Gasteiger partial charge in [-0.3, -0.25) is 4.79 Å². The van der Waals surface area contributed by atoms with Crippen molar-refractivity contribution in [3.8, 4) is 5.75 Å². The number of pyridine rings is 1. The molecule has 2 aromatic heterocycles. The molecule has 0 atom stereocenters. The molecule has 144 valence electrons. The molecule has 1 aliphatic carbocycles. The summed E-state index contributed by atoms with van der Waals surface area (Å²) in [4.78, 5) is 19.9. The van der Waals surface area contributed by atoms with Gasteiger partial charge < -0.3 is 14.8 Å². The van der Waals surface area contributed by atoms with Crippen molar-refractivity contribution in [2.45, 2.75) is 39.4 Å². The highest BCUT2D eigenvalue weighted by Gasteiger charge is 2.19. The van der Waals surface area contributed by atoms with Crippen LogP contribution in [0.2, 0.25) is 0 Å². The summed E-state index contributed by atoms with van der Waals surface area (Å²) in [5, 5.41) is 12.3. The molecule has 0 amide bonds. The first kappa shape index (κ1) is 18.7.